The van der Waals surface area contributed by atoms with Crippen molar-refractivity contribution >= 4 is 15.8 Å². The van der Waals surface area contributed by atoms with Gasteiger partial charge in [-0.25, -0.2) is 0 Å². The average molecular weight is 335 g/mol. The molecule has 0 aliphatic heterocycles. The van der Waals surface area contributed by atoms with Crippen LogP contribution in [0.15, 0.2) is 53.4 Å². The molecular weight excluding hydrogens is 318 g/mol. The Bertz CT molecular complexity index is 803. The highest BCUT2D eigenvalue weighted by molar-refractivity contribution is 7.87. The first-order valence-corrected chi connectivity index (χ1v) is 8.30. The molecule has 23 heavy (non-hydrogen) atoms. The fraction of sp³-hybridized carbons (Fsp3) is 0.250. The van der Waals surface area contributed by atoms with Crippen molar-refractivity contribution in [1.82, 2.24) is 0 Å². The Morgan fingerprint density at radius 1 is 0.957 bits per heavy atom. The number of non-ortho nitro benzene ring substituents is 1. The van der Waals surface area contributed by atoms with E-state index in [2.05, 4.69) is 0 Å². The molecule has 0 atom stereocenters. The van der Waals surface area contributed by atoms with Gasteiger partial charge in [0.05, 0.1) is 4.92 Å². The van der Waals surface area contributed by atoms with E-state index in [0.29, 0.717) is 0 Å². The zero-order valence-corrected chi connectivity index (χ0v) is 13.8. The molecule has 0 amide bonds. The van der Waals surface area contributed by atoms with E-state index in [4.69, 9.17) is 4.18 Å². The van der Waals surface area contributed by atoms with Crippen LogP contribution in [-0.2, 0) is 15.5 Å². The molecule has 0 aliphatic rings. The third kappa shape index (κ3) is 4.07. The SMILES string of the molecule is CC(C)(C)c1ccc(S(=O)(=O)Oc2ccc([N+](=O)[O-])cc2)cc1. The van der Waals surface area contributed by atoms with Crippen LogP contribution in [0.2, 0.25) is 0 Å². The number of rotatable bonds is 4. The van der Waals surface area contributed by atoms with Crippen LogP contribution in [0.25, 0.3) is 0 Å². The predicted octanol–water partition coefficient (Wildman–Crippen LogP) is 3.66. The predicted molar refractivity (Wildman–Crippen MR) is 86.1 cm³/mol. The summed E-state index contributed by atoms with van der Waals surface area (Å²) in [4.78, 5) is 10.0. The summed E-state index contributed by atoms with van der Waals surface area (Å²) in [5.41, 5.74) is 0.790. The Morgan fingerprint density at radius 3 is 1.91 bits per heavy atom. The van der Waals surface area contributed by atoms with Crippen LogP contribution in [0.3, 0.4) is 0 Å². The smallest absolute Gasteiger partial charge is 0.339 e. The maximum Gasteiger partial charge on any atom is 0.339 e. The lowest BCUT2D eigenvalue weighted by molar-refractivity contribution is -0.384. The molecule has 0 bridgehead atoms. The number of benzene rings is 2. The van der Waals surface area contributed by atoms with Crippen LogP contribution < -0.4 is 4.18 Å². The van der Waals surface area contributed by atoms with Gasteiger partial charge in [0.1, 0.15) is 10.6 Å². The summed E-state index contributed by atoms with van der Waals surface area (Å²) >= 11 is 0. The molecule has 0 radical (unpaired) electrons. The minimum absolute atomic E-state index is 0.0236. The van der Waals surface area contributed by atoms with Crippen molar-refractivity contribution in [1.29, 1.82) is 0 Å². The Morgan fingerprint density at radius 2 is 1.48 bits per heavy atom. The number of hydrogen-bond acceptors (Lipinski definition) is 5. The summed E-state index contributed by atoms with van der Waals surface area (Å²) in [6.07, 6.45) is 0. The summed E-state index contributed by atoms with van der Waals surface area (Å²) in [5, 5.41) is 10.6. The van der Waals surface area contributed by atoms with Crippen LogP contribution in [-0.4, -0.2) is 13.3 Å². The highest BCUT2D eigenvalue weighted by Gasteiger charge is 2.19. The minimum atomic E-state index is -3.98. The van der Waals surface area contributed by atoms with Gasteiger partial charge in [-0.15, -0.1) is 0 Å². The van der Waals surface area contributed by atoms with Crippen molar-refractivity contribution in [3.05, 3.63) is 64.2 Å². The van der Waals surface area contributed by atoms with Crippen molar-refractivity contribution in [2.24, 2.45) is 0 Å². The van der Waals surface area contributed by atoms with Gasteiger partial charge in [-0.2, -0.15) is 8.42 Å². The number of nitro groups is 1. The molecule has 0 unspecified atom stereocenters. The highest BCUT2D eigenvalue weighted by atomic mass is 32.2. The van der Waals surface area contributed by atoms with Gasteiger partial charge in [-0.3, -0.25) is 10.1 Å². The Kier molecular flexibility index (Phi) is 4.42. The standard InChI is InChI=1S/C16H17NO5S/c1-16(2,3)12-4-10-15(11-5-12)23(20,21)22-14-8-6-13(7-9-14)17(18)19/h4-11H,1-3H3. The molecule has 122 valence electrons. The Hall–Kier alpha value is -2.41. The van der Waals surface area contributed by atoms with Crippen molar-refractivity contribution in [2.75, 3.05) is 0 Å². The van der Waals surface area contributed by atoms with E-state index >= 15 is 0 Å². The second kappa shape index (κ2) is 6.00. The van der Waals surface area contributed by atoms with Crippen molar-refractivity contribution < 1.29 is 17.5 Å². The molecule has 0 heterocycles. The maximum atomic E-state index is 12.2. The summed E-state index contributed by atoms with van der Waals surface area (Å²) in [6, 6.07) is 11.3. The molecule has 2 aromatic carbocycles. The van der Waals surface area contributed by atoms with Crippen molar-refractivity contribution in [2.45, 2.75) is 31.1 Å². The van der Waals surface area contributed by atoms with Gasteiger partial charge in [-0.1, -0.05) is 32.9 Å². The minimum Gasteiger partial charge on any atom is -0.379 e. The first kappa shape index (κ1) is 17.0. The lowest BCUT2D eigenvalue weighted by Gasteiger charge is -2.19. The molecule has 0 saturated heterocycles. The van der Waals surface area contributed by atoms with Gasteiger partial charge in [0.25, 0.3) is 5.69 Å². The van der Waals surface area contributed by atoms with Crippen molar-refractivity contribution in [3.8, 4) is 5.75 Å². The Labute approximate surface area is 135 Å². The number of hydrogen-bond donors (Lipinski definition) is 0. The van der Waals surface area contributed by atoms with E-state index in [1.54, 1.807) is 12.1 Å². The first-order chi connectivity index (χ1) is 10.6. The van der Waals surface area contributed by atoms with Crippen LogP contribution in [0.5, 0.6) is 5.75 Å². The van der Waals surface area contributed by atoms with Crippen LogP contribution in [0.1, 0.15) is 26.3 Å². The average Bonchev–Trinajstić information content (AvgIpc) is 2.46. The van der Waals surface area contributed by atoms with Gasteiger partial charge in [0, 0.05) is 12.1 Å². The topological polar surface area (TPSA) is 86.5 Å². The monoisotopic (exact) mass is 335 g/mol. The molecule has 0 saturated carbocycles. The molecule has 2 rings (SSSR count). The van der Waals surface area contributed by atoms with Crippen molar-refractivity contribution in [3.63, 3.8) is 0 Å². The third-order valence-corrected chi connectivity index (χ3v) is 4.52. The summed E-state index contributed by atoms with van der Waals surface area (Å²) in [5.74, 6) is 0.0236. The van der Waals surface area contributed by atoms with E-state index in [0.717, 1.165) is 5.56 Å². The van der Waals surface area contributed by atoms with E-state index in [9.17, 15) is 18.5 Å². The quantitative estimate of drug-likeness (QED) is 0.483. The zero-order valence-electron chi connectivity index (χ0n) is 13.0. The third-order valence-electron chi connectivity index (χ3n) is 3.26. The summed E-state index contributed by atoms with van der Waals surface area (Å²) in [6.45, 7) is 6.09. The largest absolute Gasteiger partial charge is 0.379 e. The van der Waals surface area contributed by atoms with Gasteiger partial charge < -0.3 is 4.18 Å². The zero-order chi connectivity index (χ0) is 17.3. The maximum absolute atomic E-state index is 12.2. The first-order valence-electron chi connectivity index (χ1n) is 6.89. The van der Waals surface area contributed by atoms with Gasteiger partial charge in [-0.05, 0) is 35.2 Å². The Balaban J connectivity index is 2.23. The summed E-state index contributed by atoms with van der Waals surface area (Å²) in [7, 11) is -3.98. The lowest BCUT2D eigenvalue weighted by atomic mass is 9.87. The number of nitrogens with zero attached hydrogens (tertiary/aromatic N) is 1. The van der Waals surface area contributed by atoms with Gasteiger partial charge in [0.2, 0.25) is 0 Å². The molecule has 7 heteroatoms. The second-order valence-corrected chi connectivity index (χ2v) is 7.61. The molecule has 0 N–H and O–H groups in total. The molecular formula is C16H17NO5S. The van der Waals surface area contributed by atoms with Crippen LogP contribution in [0, 0.1) is 10.1 Å². The second-order valence-electron chi connectivity index (χ2n) is 6.06. The molecule has 0 aromatic heterocycles. The lowest BCUT2D eigenvalue weighted by Crippen LogP contribution is -2.13. The van der Waals surface area contributed by atoms with Gasteiger partial charge >= 0.3 is 10.1 Å². The molecule has 0 spiro atoms. The molecule has 0 fully saturated rings. The fourth-order valence-electron chi connectivity index (χ4n) is 1.92. The molecule has 0 aliphatic carbocycles. The van der Waals surface area contributed by atoms with Crippen LogP contribution >= 0.6 is 0 Å². The fourth-order valence-corrected chi connectivity index (χ4v) is 2.85. The van der Waals surface area contributed by atoms with E-state index in [1.807, 2.05) is 20.8 Å². The van der Waals surface area contributed by atoms with Crippen LogP contribution in [0.4, 0.5) is 5.69 Å². The molecule has 6 nitrogen and oxygen atoms in total. The highest BCUT2D eigenvalue weighted by Crippen LogP contribution is 2.25. The van der Waals surface area contributed by atoms with E-state index in [1.165, 1.54) is 36.4 Å². The number of nitro benzene ring substituents is 1. The molecule has 2 aromatic rings. The van der Waals surface area contributed by atoms with Gasteiger partial charge in [0.15, 0.2) is 0 Å². The van der Waals surface area contributed by atoms with E-state index in [-0.39, 0.29) is 21.7 Å². The van der Waals surface area contributed by atoms with E-state index < -0.39 is 15.0 Å². The normalized spacial score (nSPS) is 12.0. The summed E-state index contributed by atoms with van der Waals surface area (Å²) < 4.78 is 29.4.